The van der Waals surface area contributed by atoms with Crippen LogP contribution in [0.3, 0.4) is 0 Å². The number of nitrogens with zero attached hydrogens (tertiary/aromatic N) is 2. The van der Waals surface area contributed by atoms with Crippen molar-refractivity contribution in [3.8, 4) is 0 Å². The highest BCUT2D eigenvalue weighted by Crippen LogP contribution is 2.21. The lowest BCUT2D eigenvalue weighted by molar-refractivity contribution is 0.0601. The maximum atomic E-state index is 11.6. The van der Waals surface area contributed by atoms with Crippen LogP contribution in [-0.2, 0) is 17.2 Å². The van der Waals surface area contributed by atoms with Crippen LogP contribution in [0.4, 0.5) is 0 Å². The normalized spacial score (nSPS) is 12.6. The molecule has 0 fully saturated rings. The summed E-state index contributed by atoms with van der Waals surface area (Å²) in [4.78, 5) is 16.1. The van der Waals surface area contributed by atoms with E-state index in [9.17, 15) is 4.79 Å². The van der Waals surface area contributed by atoms with Crippen LogP contribution in [-0.4, -0.2) is 39.7 Å². The Morgan fingerprint density at radius 2 is 2.29 bits per heavy atom. The Morgan fingerprint density at radius 3 is 2.90 bits per heavy atom. The molecule has 0 bridgehead atoms. The van der Waals surface area contributed by atoms with Gasteiger partial charge in [0.1, 0.15) is 5.82 Å². The van der Waals surface area contributed by atoms with Crippen LogP contribution in [0.15, 0.2) is 18.2 Å². The van der Waals surface area contributed by atoms with Crippen molar-refractivity contribution >= 4 is 40.2 Å². The fourth-order valence-corrected chi connectivity index (χ4v) is 2.59. The lowest BCUT2D eigenvalue weighted by atomic mass is 10.2. The van der Waals surface area contributed by atoms with Gasteiger partial charge in [0.2, 0.25) is 0 Å². The van der Waals surface area contributed by atoms with E-state index in [2.05, 4.69) is 4.98 Å². The maximum absolute atomic E-state index is 11.6. The summed E-state index contributed by atoms with van der Waals surface area (Å²) in [5.41, 5.74) is 1.96. The third-order valence-electron chi connectivity index (χ3n) is 3.19. The van der Waals surface area contributed by atoms with Gasteiger partial charge in [0.05, 0.1) is 35.0 Å². The highest BCUT2D eigenvalue weighted by molar-refractivity contribution is 6.20. The zero-order valence-electron chi connectivity index (χ0n) is 11.6. The second-order valence-electron chi connectivity index (χ2n) is 4.58. The molecule has 2 aromatic rings. The molecule has 1 N–H and O–H groups in total. The fourth-order valence-electron chi connectivity index (χ4n) is 2.15. The number of alkyl halides is 2. The molecule has 0 saturated heterocycles. The van der Waals surface area contributed by atoms with Crippen molar-refractivity contribution in [3.05, 3.63) is 29.6 Å². The second kappa shape index (κ2) is 7.11. The lowest BCUT2D eigenvalue weighted by Crippen LogP contribution is -2.14. The number of ether oxygens (including phenoxy) is 1. The molecule has 0 radical (unpaired) electrons. The van der Waals surface area contributed by atoms with E-state index in [4.69, 9.17) is 33.0 Å². The zero-order chi connectivity index (χ0) is 15.4. The molecular weight excluding hydrogens is 315 g/mol. The Labute approximate surface area is 132 Å². The predicted octanol–water partition coefficient (Wildman–Crippen LogP) is 2.55. The number of benzene rings is 1. The zero-order valence-corrected chi connectivity index (χ0v) is 13.1. The Kier molecular flexibility index (Phi) is 5.45. The number of methoxy groups -OCH3 is 1. The summed E-state index contributed by atoms with van der Waals surface area (Å²) in [7, 11) is 1.34. The van der Waals surface area contributed by atoms with Gasteiger partial charge in [0.15, 0.2) is 0 Å². The number of hydrogen-bond donors (Lipinski definition) is 1. The monoisotopic (exact) mass is 330 g/mol. The standard InChI is InChI=1S/C14H16Cl2N2O3/c1-21-14(20)9-2-3-11-12(6-9)18(13(7-15)17-11)8-10(16)4-5-19/h2-3,6,10,19H,4-5,7-8H2,1H3/t10-/m0/s1. The van der Waals surface area contributed by atoms with Crippen molar-refractivity contribution in [1.29, 1.82) is 0 Å². The van der Waals surface area contributed by atoms with Crippen LogP contribution >= 0.6 is 23.2 Å². The topological polar surface area (TPSA) is 64.3 Å². The molecule has 5 nitrogen and oxygen atoms in total. The number of hydrogen-bond acceptors (Lipinski definition) is 4. The number of rotatable bonds is 6. The summed E-state index contributed by atoms with van der Waals surface area (Å²) in [6.45, 7) is 0.482. The van der Waals surface area contributed by atoms with Crippen LogP contribution < -0.4 is 0 Å². The van der Waals surface area contributed by atoms with Gasteiger partial charge in [-0.3, -0.25) is 0 Å². The van der Waals surface area contributed by atoms with Gasteiger partial charge >= 0.3 is 5.97 Å². The average molecular weight is 331 g/mol. The van der Waals surface area contributed by atoms with Gasteiger partial charge in [0.25, 0.3) is 0 Å². The molecule has 0 aliphatic heterocycles. The SMILES string of the molecule is COC(=O)c1ccc2nc(CCl)n(C[C@@H](Cl)CCO)c2c1. The van der Waals surface area contributed by atoms with E-state index >= 15 is 0 Å². The molecule has 7 heteroatoms. The molecular formula is C14H16Cl2N2O3. The molecule has 0 unspecified atom stereocenters. The van der Waals surface area contributed by atoms with Crippen molar-refractivity contribution in [2.24, 2.45) is 0 Å². The molecule has 114 valence electrons. The van der Waals surface area contributed by atoms with Crippen molar-refractivity contribution in [1.82, 2.24) is 9.55 Å². The molecule has 0 spiro atoms. The average Bonchev–Trinajstić information content (AvgIpc) is 2.83. The molecule has 1 heterocycles. The molecule has 0 aliphatic carbocycles. The van der Waals surface area contributed by atoms with Crippen LogP contribution in [0.2, 0.25) is 0 Å². The van der Waals surface area contributed by atoms with E-state index in [0.29, 0.717) is 24.4 Å². The number of imidazole rings is 1. The van der Waals surface area contributed by atoms with E-state index in [1.807, 2.05) is 4.57 Å². The fraction of sp³-hybridized carbons (Fsp3) is 0.429. The van der Waals surface area contributed by atoms with Gasteiger partial charge < -0.3 is 14.4 Å². The van der Waals surface area contributed by atoms with Crippen molar-refractivity contribution < 1.29 is 14.6 Å². The molecule has 1 aromatic carbocycles. The van der Waals surface area contributed by atoms with Crippen LogP contribution in [0.1, 0.15) is 22.6 Å². The van der Waals surface area contributed by atoms with Gasteiger partial charge in [-0.25, -0.2) is 9.78 Å². The van der Waals surface area contributed by atoms with Gasteiger partial charge in [-0.2, -0.15) is 0 Å². The number of esters is 1. The third-order valence-corrected chi connectivity index (χ3v) is 3.79. The van der Waals surface area contributed by atoms with E-state index < -0.39 is 5.97 Å². The number of carbonyl (C=O) groups is 1. The highest BCUT2D eigenvalue weighted by atomic mass is 35.5. The molecule has 1 aromatic heterocycles. The van der Waals surface area contributed by atoms with Gasteiger partial charge in [-0.15, -0.1) is 23.2 Å². The molecule has 21 heavy (non-hydrogen) atoms. The second-order valence-corrected chi connectivity index (χ2v) is 5.46. The minimum Gasteiger partial charge on any atom is -0.465 e. The van der Waals surface area contributed by atoms with Crippen LogP contribution in [0.25, 0.3) is 11.0 Å². The predicted molar refractivity (Wildman–Crippen MR) is 82.0 cm³/mol. The summed E-state index contributed by atoms with van der Waals surface area (Å²) < 4.78 is 6.60. The Hall–Kier alpha value is -1.30. The summed E-state index contributed by atoms with van der Waals surface area (Å²) >= 11 is 12.1. The highest BCUT2D eigenvalue weighted by Gasteiger charge is 2.16. The van der Waals surface area contributed by atoms with Gasteiger partial charge in [0, 0.05) is 13.2 Å². The number of aromatic nitrogens is 2. The van der Waals surface area contributed by atoms with Crippen LogP contribution in [0, 0.1) is 0 Å². The molecule has 2 rings (SSSR count). The molecule has 0 aliphatic rings. The Bertz CT molecular complexity index is 642. The first-order chi connectivity index (χ1) is 10.1. The number of halogens is 2. The number of fused-ring (bicyclic) bond motifs is 1. The Morgan fingerprint density at radius 1 is 1.52 bits per heavy atom. The first kappa shape index (κ1) is 16.1. The minimum absolute atomic E-state index is 0.0183. The quantitative estimate of drug-likeness (QED) is 0.653. The van der Waals surface area contributed by atoms with Gasteiger partial charge in [-0.05, 0) is 24.6 Å². The molecule has 1 atom stereocenters. The third kappa shape index (κ3) is 3.48. The Balaban J connectivity index is 2.46. The molecule has 0 amide bonds. The molecule has 0 saturated carbocycles. The van der Waals surface area contributed by atoms with E-state index in [1.165, 1.54) is 7.11 Å². The van der Waals surface area contributed by atoms with E-state index in [1.54, 1.807) is 18.2 Å². The first-order valence-corrected chi connectivity index (χ1v) is 7.46. The smallest absolute Gasteiger partial charge is 0.337 e. The number of aliphatic hydroxyl groups excluding tert-OH is 1. The number of aliphatic hydroxyl groups is 1. The summed E-state index contributed by atoms with van der Waals surface area (Å²) in [6, 6.07) is 5.13. The van der Waals surface area contributed by atoms with Crippen molar-refractivity contribution in [3.63, 3.8) is 0 Å². The van der Waals surface area contributed by atoms with Crippen molar-refractivity contribution in [2.75, 3.05) is 13.7 Å². The van der Waals surface area contributed by atoms with E-state index in [-0.39, 0.29) is 17.9 Å². The van der Waals surface area contributed by atoms with Crippen LogP contribution in [0.5, 0.6) is 0 Å². The summed E-state index contributed by atoms with van der Waals surface area (Å²) in [5.74, 6) is 0.512. The van der Waals surface area contributed by atoms with Gasteiger partial charge in [-0.1, -0.05) is 0 Å². The lowest BCUT2D eigenvalue weighted by Gasteiger charge is -2.12. The summed E-state index contributed by atoms with van der Waals surface area (Å²) in [6.07, 6.45) is 0.472. The maximum Gasteiger partial charge on any atom is 0.337 e. The first-order valence-electron chi connectivity index (χ1n) is 6.49. The summed E-state index contributed by atoms with van der Waals surface area (Å²) in [5, 5.41) is 8.72. The largest absolute Gasteiger partial charge is 0.465 e. The number of carbonyl (C=O) groups excluding carboxylic acids is 1. The van der Waals surface area contributed by atoms with Crippen molar-refractivity contribution in [2.45, 2.75) is 24.2 Å². The minimum atomic E-state index is -0.408. The van der Waals surface area contributed by atoms with E-state index in [0.717, 1.165) is 11.0 Å².